The first-order valence-electron chi connectivity index (χ1n) is 8.29. The van der Waals surface area contributed by atoms with Gasteiger partial charge in [-0.1, -0.05) is 0 Å². The minimum Gasteiger partial charge on any atom is -0.463 e. The molecule has 0 spiro atoms. The van der Waals surface area contributed by atoms with Gasteiger partial charge in [-0.25, -0.2) is 4.39 Å². The average molecular weight is 334 g/mol. The van der Waals surface area contributed by atoms with Gasteiger partial charge >= 0.3 is 0 Å². The first-order valence-corrected chi connectivity index (χ1v) is 8.29. The van der Waals surface area contributed by atoms with E-state index in [0.717, 1.165) is 13.1 Å². The lowest BCUT2D eigenvalue weighted by Gasteiger charge is -2.40. The number of rotatable bonds is 4. The molecule has 0 saturated carbocycles. The van der Waals surface area contributed by atoms with E-state index in [2.05, 4.69) is 24.1 Å². The fraction of sp³-hybridized carbons (Fsp3) is 0.500. The van der Waals surface area contributed by atoms with Crippen molar-refractivity contribution in [3.05, 3.63) is 35.8 Å². The van der Waals surface area contributed by atoms with Crippen molar-refractivity contribution in [1.82, 2.24) is 10.2 Å². The quantitative estimate of drug-likeness (QED) is 0.902. The predicted octanol–water partition coefficient (Wildman–Crippen LogP) is 2.54. The van der Waals surface area contributed by atoms with Crippen molar-refractivity contribution in [3.63, 3.8) is 0 Å². The summed E-state index contributed by atoms with van der Waals surface area (Å²) in [6, 6.07) is 4.52. The third-order valence-electron chi connectivity index (χ3n) is 4.82. The monoisotopic (exact) mass is 334 g/mol. The molecule has 1 aromatic heterocycles. The lowest BCUT2D eigenvalue weighted by Crippen LogP contribution is -2.52. The number of benzene rings is 1. The molecule has 24 heavy (non-hydrogen) atoms. The summed E-state index contributed by atoms with van der Waals surface area (Å²) in [4.78, 5) is 14.7. The van der Waals surface area contributed by atoms with Crippen molar-refractivity contribution in [3.8, 4) is 0 Å². The van der Waals surface area contributed by atoms with Crippen LogP contribution in [-0.4, -0.2) is 47.2 Å². The first kappa shape index (κ1) is 16.9. The molecule has 1 amide bonds. The molecule has 2 heterocycles. The zero-order valence-corrected chi connectivity index (χ0v) is 14.0. The van der Waals surface area contributed by atoms with Crippen LogP contribution < -0.4 is 5.32 Å². The van der Waals surface area contributed by atoms with E-state index >= 15 is 0 Å². The number of carbonyl (C=O) groups is 1. The van der Waals surface area contributed by atoms with Gasteiger partial charge in [0.15, 0.2) is 0 Å². The number of amides is 1. The Morgan fingerprint density at radius 2 is 2.12 bits per heavy atom. The van der Waals surface area contributed by atoms with Crippen molar-refractivity contribution in [2.75, 3.05) is 19.6 Å². The summed E-state index contributed by atoms with van der Waals surface area (Å²) < 4.78 is 18.7. The topological polar surface area (TPSA) is 65.7 Å². The van der Waals surface area contributed by atoms with Crippen LogP contribution >= 0.6 is 0 Å². The molecule has 0 bridgehead atoms. The Labute approximate surface area is 140 Å². The van der Waals surface area contributed by atoms with Crippen LogP contribution in [0, 0.1) is 5.82 Å². The van der Waals surface area contributed by atoms with E-state index in [4.69, 9.17) is 4.42 Å². The lowest BCUT2D eigenvalue weighted by atomic mass is 9.90. The summed E-state index contributed by atoms with van der Waals surface area (Å²) in [7, 11) is 0. The van der Waals surface area contributed by atoms with Gasteiger partial charge in [-0.15, -0.1) is 0 Å². The highest BCUT2D eigenvalue weighted by atomic mass is 19.1. The molecule has 5 nitrogen and oxygen atoms in total. The zero-order valence-electron chi connectivity index (χ0n) is 14.0. The molecule has 1 aromatic carbocycles. The van der Waals surface area contributed by atoms with Crippen molar-refractivity contribution in [2.24, 2.45) is 0 Å². The Kier molecular flexibility index (Phi) is 4.60. The molecule has 2 aromatic rings. The van der Waals surface area contributed by atoms with E-state index in [1.165, 1.54) is 24.5 Å². The number of halogens is 1. The van der Waals surface area contributed by atoms with Crippen LogP contribution in [-0.2, 0) is 0 Å². The fourth-order valence-electron chi connectivity index (χ4n) is 3.15. The van der Waals surface area contributed by atoms with Gasteiger partial charge < -0.3 is 19.7 Å². The first-order chi connectivity index (χ1) is 11.4. The fourth-order valence-corrected chi connectivity index (χ4v) is 3.15. The molecule has 3 rings (SSSR count). The highest BCUT2D eigenvalue weighted by molar-refractivity contribution is 6.05. The third kappa shape index (κ3) is 3.44. The lowest BCUT2D eigenvalue weighted by molar-refractivity contribution is -0.0254. The second-order valence-electron chi connectivity index (χ2n) is 6.83. The van der Waals surface area contributed by atoms with Gasteiger partial charge in [0.1, 0.15) is 17.7 Å². The molecule has 1 fully saturated rings. The van der Waals surface area contributed by atoms with Gasteiger partial charge in [0, 0.05) is 31.1 Å². The van der Waals surface area contributed by atoms with E-state index in [1.54, 1.807) is 0 Å². The number of carbonyl (C=O) groups excluding carboxylic acids is 1. The standard InChI is InChI=1S/C18H23FN2O3/c1-12(2)21-7-5-18(23,6-8-21)11-20-17(22)15-10-24-16-4-3-13(19)9-14(15)16/h3-4,9-10,12,23H,5-8,11H2,1-2H3,(H,20,22). The number of aliphatic hydroxyl groups is 1. The van der Waals surface area contributed by atoms with Gasteiger partial charge in [-0.3, -0.25) is 4.79 Å². The predicted molar refractivity (Wildman–Crippen MR) is 89.4 cm³/mol. The van der Waals surface area contributed by atoms with Crippen LogP contribution in [0.3, 0.4) is 0 Å². The molecule has 1 aliphatic heterocycles. The summed E-state index contributed by atoms with van der Waals surface area (Å²) in [5.74, 6) is -0.781. The normalized spacial score (nSPS) is 18.2. The Balaban J connectivity index is 1.64. The molecule has 0 radical (unpaired) electrons. The number of piperidine rings is 1. The van der Waals surface area contributed by atoms with Crippen LogP contribution in [0.1, 0.15) is 37.0 Å². The third-order valence-corrected chi connectivity index (χ3v) is 4.82. The Morgan fingerprint density at radius 3 is 2.79 bits per heavy atom. The minimum absolute atomic E-state index is 0.180. The Hall–Kier alpha value is -1.92. The molecular formula is C18H23FN2O3. The highest BCUT2D eigenvalue weighted by Crippen LogP contribution is 2.24. The SMILES string of the molecule is CC(C)N1CCC(O)(CNC(=O)c2coc3ccc(F)cc23)CC1. The maximum Gasteiger partial charge on any atom is 0.255 e. The molecule has 0 atom stereocenters. The van der Waals surface area contributed by atoms with Crippen LogP contribution in [0.2, 0.25) is 0 Å². The number of fused-ring (bicyclic) bond motifs is 1. The average Bonchev–Trinajstić information content (AvgIpc) is 2.96. The van der Waals surface area contributed by atoms with Crippen LogP contribution in [0.4, 0.5) is 4.39 Å². The van der Waals surface area contributed by atoms with E-state index in [9.17, 15) is 14.3 Å². The van der Waals surface area contributed by atoms with Crippen LogP contribution in [0.25, 0.3) is 11.0 Å². The minimum atomic E-state index is -0.897. The van der Waals surface area contributed by atoms with E-state index < -0.39 is 11.4 Å². The number of likely N-dealkylation sites (tertiary alicyclic amines) is 1. The van der Waals surface area contributed by atoms with Gasteiger partial charge in [0.05, 0.1) is 11.2 Å². The summed E-state index contributed by atoms with van der Waals surface area (Å²) in [6.07, 6.45) is 2.56. The number of nitrogens with one attached hydrogen (secondary N) is 1. The summed E-state index contributed by atoms with van der Waals surface area (Å²) in [5, 5.41) is 13.8. The summed E-state index contributed by atoms with van der Waals surface area (Å²) >= 11 is 0. The number of hydrogen-bond donors (Lipinski definition) is 2. The molecule has 1 saturated heterocycles. The summed E-state index contributed by atoms with van der Waals surface area (Å²) in [6.45, 7) is 6.07. The Morgan fingerprint density at radius 1 is 1.42 bits per heavy atom. The molecule has 2 N–H and O–H groups in total. The maximum absolute atomic E-state index is 13.4. The Bertz CT molecular complexity index is 733. The number of furan rings is 1. The molecular weight excluding hydrogens is 311 g/mol. The number of hydrogen-bond acceptors (Lipinski definition) is 4. The second kappa shape index (κ2) is 6.53. The smallest absolute Gasteiger partial charge is 0.255 e. The van der Waals surface area contributed by atoms with Gasteiger partial charge in [0.2, 0.25) is 0 Å². The van der Waals surface area contributed by atoms with Gasteiger partial charge in [-0.05, 0) is 44.9 Å². The maximum atomic E-state index is 13.4. The van der Waals surface area contributed by atoms with E-state index in [0.29, 0.717) is 29.9 Å². The van der Waals surface area contributed by atoms with Crippen LogP contribution in [0.15, 0.2) is 28.9 Å². The van der Waals surface area contributed by atoms with E-state index in [1.807, 2.05) is 0 Å². The molecule has 1 aliphatic rings. The van der Waals surface area contributed by atoms with Crippen molar-refractivity contribution in [2.45, 2.75) is 38.3 Å². The largest absolute Gasteiger partial charge is 0.463 e. The van der Waals surface area contributed by atoms with Crippen molar-refractivity contribution in [1.29, 1.82) is 0 Å². The van der Waals surface area contributed by atoms with E-state index in [-0.39, 0.29) is 18.0 Å². The highest BCUT2D eigenvalue weighted by Gasteiger charge is 2.33. The molecule has 0 aliphatic carbocycles. The molecule has 0 unspecified atom stereocenters. The van der Waals surface area contributed by atoms with Crippen LogP contribution in [0.5, 0.6) is 0 Å². The summed E-state index contributed by atoms with van der Waals surface area (Å²) in [5.41, 5.74) is -0.149. The van der Waals surface area contributed by atoms with Crippen molar-refractivity contribution >= 4 is 16.9 Å². The van der Waals surface area contributed by atoms with Crippen molar-refractivity contribution < 1.29 is 18.7 Å². The number of nitrogens with zero attached hydrogens (tertiary/aromatic N) is 1. The van der Waals surface area contributed by atoms with Gasteiger partial charge in [0.25, 0.3) is 5.91 Å². The molecule has 130 valence electrons. The second-order valence-corrected chi connectivity index (χ2v) is 6.83. The molecule has 6 heteroatoms. The van der Waals surface area contributed by atoms with Gasteiger partial charge in [-0.2, -0.15) is 0 Å². The zero-order chi connectivity index (χ0) is 17.3.